The van der Waals surface area contributed by atoms with Crippen LogP contribution in [0.3, 0.4) is 0 Å². The van der Waals surface area contributed by atoms with Crippen LogP contribution in [0.5, 0.6) is 0 Å². The van der Waals surface area contributed by atoms with Crippen molar-refractivity contribution in [3.05, 3.63) is 131 Å². The minimum Gasteiger partial charge on any atom is -0.448 e. The maximum Gasteiger partial charge on any atom is 0.410 e. The summed E-state index contributed by atoms with van der Waals surface area (Å²) in [6, 6.07) is 35.0. The van der Waals surface area contributed by atoms with Crippen LogP contribution in [0, 0.1) is 0 Å². The number of ether oxygens (including phenoxy) is 1. The average Bonchev–Trinajstić information content (AvgIpc) is 3.48. The molecule has 1 saturated heterocycles. The van der Waals surface area contributed by atoms with E-state index in [1.807, 2.05) is 0 Å². The maximum absolute atomic E-state index is 13.7. The second-order valence-electron chi connectivity index (χ2n) is 11.4. The molecule has 2 atom stereocenters. The van der Waals surface area contributed by atoms with Crippen molar-refractivity contribution in [3.8, 4) is 22.3 Å². The molecule has 2 aliphatic carbocycles. The molecule has 0 aromatic heterocycles. The first-order chi connectivity index (χ1) is 19.3. The topological polar surface area (TPSA) is 29.5 Å². The number of rotatable bonds is 3. The lowest BCUT2D eigenvalue weighted by Crippen LogP contribution is -2.52. The van der Waals surface area contributed by atoms with Crippen LogP contribution < -0.4 is 0 Å². The van der Waals surface area contributed by atoms with Crippen LogP contribution in [0.1, 0.15) is 59.8 Å². The number of hydrogen-bond acceptors (Lipinski definition) is 2. The van der Waals surface area contributed by atoms with Gasteiger partial charge >= 0.3 is 6.09 Å². The molecule has 1 fully saturated rings. The molecule has 3 heteroatoms. The molecule has 4 aromatic carbocycles. The number of carbonyl (C=O) groups is 1. The summed E-state index contributed by atoms with van der Waals surface area (Å²) in [6.07, 6.45) is 6.35. The third kappa shape index (κ3) is 3.52. The van der Waals surface area contributed by atoms with Gasteiger partial charge in [0.15, 0.2) is 0 Å². The van der Waals surface area contributed by atoms with Gasteiger partial charge in [0.2, 0.25) is 0 Å². The highest BCUT2D eigenvalue weighted by Crippen LogP contribution is 2.51. The maximum atomic E-state index is 13.7. The van der Waals surface area contributed by atoms with Gasteiger partial charge in [-0.3, -0.25) is 4.90 Å². The number of nitrogens with zero attached hydrogens (tertiary/aromatic N) is 1. The van der Waals surface area contributed by atoms with Gasteiger partial charge in [0.25, 0.3) is 0 Å². The highest BCUT2D eigenvalue weighted by Gasteiger charge is 2.42. The van der Waals surface area contributed by atoms with Crippen molar-refractivity contribution in [2.45, 2.75) is 49.6 Å². The smallest absolute Gasteiger partial charge is 0.410 e. The molecule has 2 bridgehead atoms. The molecule has 2 heterocycles. The summed E-state index contributed by atoms with van der Waals surface area (Å²) >= 11 is 0. The van der Waals surface area contributed by atoms with E-state index in [1.54, 1.807) is 0 Å². The molecule has 2 unspecified atom stereocenters. The molecule has 4 aliphatic rings. The minimum atomic E-state index is -0.158. The molecule has 39 heavy (non-hydrogen) atoms. The van der Waals surface area contributed by atoms with E-state index in [4.69, 9.17) is 4.74 Å². The number of carbonyl (C=O) groups excluding carboxylic acids is 1. The fourth-order valence-electron chi connectivity index (χ4n) is 7.78. The molecule has 0 N–H and O–H groups in total. The fourth-order valence-corrected chi connectivity index (χ4v) is 7.78. The van der Waals surface area contributed by atoms with Gasteiger partial charge in [0, 0.05) is 17.9 Å². The van der Waals surface area contributed by atoms with Crippen LogP contribution in [0.2, 0.25) is 0 Å². The molecule has 0 spiro atoms. The first kappa shape index (κ1) is 22.8. The van der Waals surface area contributed by atoms with E-state index < -0.39 is 0 Å². The zero-order valence-corrected chi connectivity index (χ0v) is 21.9. The van der Waals surface area contributed by atoms with E-state index in [9.17, 15) is 4.79 Å². The van der Waals surface area contributed by atoms with Crippen LogP contribution in [-0.2, 0) is 4.74 Å². The van der Waals surface area contributed by atoms with Crippen molar-refractivity contribution in [2.75, 3.05) is 6.61 Å². The fraction of sp³-hybridized carbons (Fsp3) is 0.250. The normalized spacial score (nSPS) is 21.0. The lowest BCUT2D eigenvalue weighted by atomic mass is 9.78. The third-order valence-corrected chi connectivity index (χ3v) is 9.42. The number of fused-ring (bicyclic) bond motifs is 8. The van der Waals surface area contributed by atoms with Crippen LogP contribution in [0.4, 0.5) is 4.79 Å². The van der Waals surface area contributed by atoms with Gasteiger partial charge in [-0.05, 0) is 70.2 Å². The molecule has 0 radical (unpaired) electrons. The molecule has 0 saturated carbocycles. The van der Waals surface area contributed by atoms with E-state index >= 15 is 0 Å². The highest BCUT2D eigenvalue weighted by atomic mass is 16.6. The standard InChI is InChI=1S/C36H31NO2/c38-36(39-22-34-30-16-3-1-12-26(30)27-13-2-4-17-31(27)34)37-24-10-9-11-25(37)21-23(20-24)35-32-18-7-5-14-28(32)29-15-6-8-19-33(29)35/h1-8,12-20,24-25,34-35H,9-11,21-22H2. The van der Waals surface area contributed by atoms with E-state index in [2.05, 4.69) is 108 Å². The van der Waals surface area contributed by atoms with Gasteiger partial charge in [0.05, 0.1) is 6.04 Å². The largest absolute Gasteiger partial charge is 0.448 e. The van der Waals surface area contributed by atoms with Crippen molar-refractivity contribution in [1.29, 1.82) is 0 Å². The van der Waals surface area contributed by atoms with E-state index in [0.29, 0.717) is 6.61 Å². The second-order valence-corrected chi connectivity index (χ2v) is 11.4. The summed E-state index contributed by atoms with van der Waals surface area (Å²) < 4.78 is 6.15. The molecular formula is C36H31NO2. The van der Waals surface area contributed by atoms with Gasteiger partial charge in [-0.15, -0.1) is 0 Å². The van der Waals surface area contributed by atoms with E-state index in [1.165, 1.54) is 50.1 Å². The number of piperidine rings is 1. The Labute approximate surface area is 229 Å². The first-order valence-electron chi connectivity index (χ1n) is 14.3. The van der Waals surface area contributed by atoms with Crippen molar-refractivity contribution in [2.24, 2.45) is 0 Å². The van der Waals surface area contributed by atoms with Crippen LogP contribution >= 0.6 is 0 Å². The minimum absolute atomic E-state index is 0.0866. The molecule has 2 aliphatic heterocycles. The SMILES string of the molecule is O=C(OCC1c2ccccc2-c2ccccc21)N1C2C=C(C3c4ccccc4-c4ccccc43)CC1CCC2. The summed E-state index contributed by atoms with van der Waals surface area (Å²) in [5, 5.41) is 0. The molecule has 8 rings (SSSR count). The average molecular weight is 510 g/mol. The van der Waals surface area contributed by atoms with Crippen molar-refractivity contribution in [3.63, 3.8) is 0 Å². The lowest BCUT2D eigenvalue weighted by molar-refractivity contribution is 0.0506. The quantitative estimate of drug-likeness (QED) is 0.260. The molecular weight excluding hydrogens is 478 g/mol. The Morgan fingerprint density at radius 3 is 1.77 bits per heavy atom. The summed E-state index contributed by atoms with van der Waals surface area (Å²) in [4.78, 5) is 15.8. The number of benzene rings is 4. The van der Waals surface area contributed by atoms with Gasteiger partial charge in [-0.1, -0.05) is 109 Å². The Morgan fingerprint density at radius 2 is 1.21 bits per heavy atom. The Bertz CT molecular complexity index is 1540. The van der Waals surface area contributed by atoms with Gasteiger partial charge in [-0.2, -0.15) is 0 Å². The molecule has 4 aromatic rings. The van der Waals surface area contributed by atoms with E-state index in [0.717, 1.165) is 25.7 Å². The van der Waals surface area contributed by atoms with Crippen molar-refractivity contribution in [1.82, 2.24) is 4.90 Å². The predicted molar refractivity (Wildman–Crippen MR) is 155 cm³/mol. The number of hydrogen-bond donors (Lipinski definition) is 0. The zero-order chi connectivity index (χ0) is 25.9. The van der Waals surface area contributed by atoms with Crippen LogP contribution in [0.15, 0.2) is 109 Å². The predicted octanol–water partition coefficient (Wildman–Crippen LogP) is 8.30. The Morgan fingerprint density at radius 1 is 0.692 bits per heavy atom. The van der Waals surface area contributed by atoms with E-state index in [-0.39, 0.29) is 30.0 Å². The summed E-state index contributed by atoms with van der Waals surface area (Å²) in [6.45, 7) is 0.378. The van der Waals surface area contributed by atoms with Gasteiger partial charge in [0.1, 0.15) is 6.61 Å². The zero-order valence-electron chi connectivity index (χ0n) is 21.9. The van der Waals surface area contributed by atoms with Crippen LogP contribution in [-0.4, -0.2) is 29.7 Å². The van der Waals surface area contributed by atoms with Gasteiger partial charge < -0.3 is 4.74 Å². The lowest BCUT2D eigenvalue weighted by Gasteiger charge is -2.45. The Kier molecular flexibility index (Phi) is 5.26. The van der Waals surface area contributed by atoms with Crippen LogP contribution in [0.25, 0.3) is 22.3 Å². The van der Waals surface area contributed by atoms with Crippen molar-refractivity contribution < 1.29 is 9.53 Å². The number of amides is 1. The third-order valence-electron chi connectivity index (χ3n) is 9.42. The Balaban J connectivity index is 1.07. The monoisotopic (exact) mass is 509 g/mol. The highest BCUT2D eigenvalue weighted by molar-refractivity contribution is 5.81. The second kappa shape index (κ2) is 8.98. The molecule has 192 valence electrons. The summed E-state index contributed by atoms with van der Waals surface area (Å²) in [5.41, 5.74) is 12.0. The molecule has 1 amide bonds. The van der Waals surface area contributed by atoms with Gasteiger partial charge in [-0.25, -0.2) is 4.79 Å². The molecule has 3 nitrogen and oxygen atoms in total. The first-order valence-corrected chi connectivity index (χ1v) is 14.3. The Hall–Kier alpha value is -4.11. The summed E-state index contributed by atoms with van der Waals surface area (Å²) in [7, 11) is 0. The summed E-state index contributed by atoms with van der Waals surface area (Å²) in [5.74, 6) is 0.369. The van der Waals surface area contributed by atoms with Crippen molar-refractivity contribution >= 4 is 6.09 Å².